The molecule has 31 heavy (non-hydrogen) atoms. The second kappa shape index (κ2) is 9.28. The van der Waals surface area contributed by atoms with Gasteiger partial charge in [-0.25, -0.2) is 4.98 Å². The molecular weight excluding hydrogens is 447 g/mol. The molecular formula is C22H21ClF3N3OS. The molecule has 9 heteroatoms. The number of amides is 1. The van der Waals surface area contributed by atoms with Crippen LogP contribution in [0.2, 0.25) is 5.02 Å². The van der Waals surface area contributed by atoms with Crippen LogP contribution in [0.5, 0.6) is 0 Å². The molecule has 0 spiro atoms. The molecule has 1 amide bonds. The van der Waals surface area contributed by atoms with E-state index in [1.54, 1.807) is 0 Å². The van der Waals surface area contributed by atoms with Crippen molar-refractivity contribution in [3.8, 4) is 11.3 Å². The predicted octanol–water partition coefficient (Wildman–Crippen LogP) is 6.87. The van der Waals surface area contributed by atoms with Gasteiger partial charge in [0.1, 0.15) is 6.04 Å². The van der Waals surface area contributed by atoms with Crippen molar-refractivity contribution < 1.29 is 18.0 Å². The molecule has 3 aromatic rings. The van der Waals surface area contributed by atoms with Crippen LogP contribution in [-0.2, 0) is 11.0 Å². The first-order chi connectivity index (χ1) is 14.5. The van der Waals surface area contributed by atoms with Crippen LogP contribution >= 0.6 is 22.9 Å². The molecule has 1 atom stereocenters. The molecule has 0 bridgehead atoms. The number of hydrogen-bond donors (Lipinski definition) is 2. The van der Waals surface area contributed by atoms with Crippen molar-refractivity contribution in [3.63, 3.8) is 0 Å². The van der Waals surface area contributed by atoms with E-state index in [0.717, 1.165) is 29.0 Å². The van der Waals surface area contributed by atoms with Crippen LogP contribution in [0.4, 0.5) is 24.0 Å². The lowest BCUT2D eigenvalue weighted by molar-refractivity contribution is -0.137. The average molecular weight is 468 g/mol. The van der Waals surface area contributed by atoms with Gasteiger partial charge in [-0.2, -0.15) is 13.2 Å². The quantitative estimate of drug-likeness (QED) is 0.416. The van der Waals surface area contributed by atoms with Crippen molar-refractivity contribution in [2.75, 3.05) is 10.6 Å². The number of anilines is 2. The van der Waals surface area contributed by atoms with Gasteiger partial charge in [-0.15, -0.1) is 11.3 Å². The zero-order valence-electron chi connectivity index (χ0n) is 17.0. The molecule has 3 rings (SSSR count). The highest BCUT2D eigenvalue weighted by molar-refractivity contribution is 7.14. The van der Waals surface area contributed by atoms with Crippen LogP contribution in [0.25, 0.3) is 11.3 Å². The van der Waals surface area contributed by atoms with Crippen LogP contribution in [0.1, 0.15) is 25.0 Å². The maximum Gasteiger partial charge on any atom is 0.416 e. The number of alkyl halides is 3. The largest absolute Gasteiger partial charge is 0.416 e. The topological polar surface area (TPSA) is 54.0 Å². The third kappa shape index (κ3) is 5.77. The van der Waals surface area contributed by atoms with Crippen LogP contribution in [0.3, 0.4) is 0 Å². The Labute approximate surface area is 187 Å². The maximum absolute atomic E-state index is 12.9. The minimum Gasteiger partial charge on any atom is -0.372 e. The fraction of sp³-hybridized carbons (Fsp3) is 0.273. The van der Waals surface area contributed by atoms with Crippen LogP contribution in [-0.4, -0.2) is 16.9 Å². The minimum atomic E-state index is -4.49. The molecule has 0 aliphatic carbocycles. The molecule has 0 radical (unpaired) electrons. The molecule has 0 aliphatic rings. The van der Waals surface area contributed by atoms with Crippen molar-refractivity contribution in [1.82, 2.24) is 4.98 Å². The van der Waals surface area contributed by atoms with Gasteiger partial charge in [0.15, 0.2) is 5.13 Å². The number of carbonyl (C=O) groups excluding carboxylic acids is 1. The predicted molar refractivity (Wildman–Crippen MR) is 120 cm³/mol. The molecule has 1 aromatic heterocycles. The van der Waals surface area contributed by atoms with E-state index in [1.807, 2.05) is 50.4 Å². The molecule has 0 saturated carbocycles. The lowest BCUT2D eigenvalue weighted by Gasteiger charge is -2.23. The molecule has 2 aromatic carbocycles. The van der Waals surface area contributed by atoms with E-state index in [-0.39, 0.29) is 22.5 Å². The van der Waals surface area contributed by atoms with Gasteiger partial charge in [0, 0.05) is 10.9 Å². The number of thiazole rings is 1. The molecule has 0 fully saturated rings. The summed E-state index contributed by atoms with van der Waals surface area (Å²) in [4.78, 5) is 17.3. The lowest BCUT2D eigenvalue weighted by Crippen LogP contribution is -2.39. The highest BCUT2D eigenvalue weighted by atomic mass is 35.5. The van der Waals surface area contributed by atoms with Crippen molar-refractivity contribution in [2.24, 2.45) is 5.92 Å². The molecule has 0 aliphatic heterocycles. The number of nitrogens with zero attached hydrogens (tertiary/aromatic N) is 1. The smallest absolute Gasteiger partial charge is 0.372 e. The second-order valence-corrected chi connectivity index (χ2v) is 8.72. The Morgan fingerprint density at radius 1 is 1.13 bits per heavy atom. The first-order valence-corrected chi connectivity index (χ1v) is 10.8. The van der Waals surface area contributed by atoms with Crippen molar-refractivity contribution >= 4 is 39.7 Å². The van der Waals surface area contributed by atoms with E-state index in [2.05, 4.69) is 15.6 Å². The van der Waals surface area contributed by atoms with Gasteiger partial charge in [0.05, 0.1) is 22.0 Å². The Morgan fingerprint density at radius 3 is 2.39 bits per heavy atom. The normalized spacial score (nSPS) is 12.6. The summed E-state index contributed by atoms with van der Waals surface area (Å²) in [5.74, 6) is -0.509. The van der Waals surface area contributed by atoms with E-state index >= 15 is 0 Å². The fourth-order valence-corrected chi connectivity index (χ4v) is 3.84. The van der Waals surface area contributed by atoms with E-state index < -0.39 is 17.8 Å². The first kappa shape index (κ1) is 23.1. The summed E-state index contributed by atoms with van der Waals surface area (Å²) in [5.41, 5.74) is 2.24. The third-order valence-electron chi connectivity index (χ3n) is 4.64. The third-order valence-corrected chi connectivity index (χ3v) is 5.71. The highest BCUT2D eigenvalue weighted by Gasteiger charge is 2.31. The van der Waals surface area contributed by atoms with E-state index in [4.69, 9.17) is 11.6 Å². The van der Waals surface area contributed by atoms with E-state index in [0.29, 0.717) is 5.13 Å². The van der Waals surface area contributed by atoms with Crippen molar-refractivity contribution in [2.45, 2.75) is 33.0 Å². The van der Waals surface area contributed by atoms with Gasteiger partial charge in [0.25, 0.3) is 0 Å². The van der Waals surface area contributed by atoms with Gasteiger partial charge >= 0.3 is 6.18 Å². The first-order valence-electron chi connectivity index (χ1n) is 9.51. The van der Waals surface area contributed by atoms with Crippen LogP contribution < -0.4 is 10.6 Å². The molecule has 4 nitrogen and oxygen atoms in total. The van der Waals surface area contributed by atoms with E-state index in [1.165, 1.54) is 17.4 Å². The molecule has 164 valence electrons. The summed E-state index contributed by atoms with van der Waals surface area (Å²) in [6, 6.07) is 10.2. The van der Waals surface area contributed by atoms with Crippen molar-refractivity contribution in [3.05, 3.63) is 64.0 Å². The average Bonchev–Trinajstić information content (AvgIpc) is 3.14. The Hall–Kier alpha value is -2.58. The molecule has 2 N–H and O–H groups in total. The Bertz CT molecular complexity index is 1060. The van der Waals surface area contributed by atoms with Gasteiger partial charge in [-0.3, -0.25) is 4.79 Å². The van der Waals surface area contributed by atoms with Gasteiger partial charge in [-0.05, 0) is 31.0 Å². The standard InChI is InChI=1S/C22H21ClF3N3OS/c1-12(2)19(27-17-9-8-15(10-16(17)23)22(24,25)26)20(30)29-21-28-18(11-31-21)14-6-4-13(3)5-7-14/h4-12,19,27H,1-3H3,(H,28,29,30)/t19-/m0/s1. The SMILES string of the molecule is Cc1ccc(-c2csc(NC(=O)[C@@H](Nc3ccc(C(F)(F)F)cc3Cl)C(C)C)n2)cc1. The zero-order chi connectivity index (χ0) is 22.8. The fourth-order valence-electron chi connectivity index (χ4n) is 2.88. The number of benzene rings is 2. The number of aryl methyl sites for hydroxylation is 1. The number of nitrogens with one attached hydrogen (secondary N) is 2. The Balaban J connectivity index is 1.74. The summed E-state index contributed by atoms with van der Waals surface area (Å²) in [6.45, 7) is 5.65. The summed E-state index contributed by atoms with van der Waals surface area (Å²) >= 11 is 7.33. The number of carbonyl (C=O) groups is 1. The summed E-state index contributed by atoms with van der Waals surface area (Å²) in [5, 5.41) is 7.92. The van der Waals surface area contributed by atoms with Gasteiger partial charge in [-0.1, -0.05) is 55.3 Å². The molecule has 1 heterocycles. The molecule has 0 saturated heterocycles. The maximum atomic E-state index is 12.9. The number of halogens is 4. The van der Waals surface area contributed by atoms with Gasteiger partial charge < -0.3 is 10.6 Å². The molecule has 0 unspecified atom stereocenters. The summed E-state index contributed by atoms with van der Waals surface area (Å²) in [7, 11) is 0. The monoisotopic (exact) mass is 467 g/mol. The van der Waals surface area contributed by atoms with Crippen LogP contribution in [0, 0.1) is 12.8 Å². The van der Waals surface area contributed by atoms with Crippen LogP contribution in [0.15, 0.2) is 47.8 Å². The Morgan fingerprint density at radius 2 is 1.81 bits per heavy atom. The second-order valence-electron chi connectivity index (χ2n) is 7.45. The lowest BCUT2D eigenvalue weighted by atomic mass is 10.0. The highest BCUT2D eigenvalue weighted by Crippen LogP contribution is 2.34. The summed E-state index contributed by atoms with van der Waals surface area (Å²) in [6.07, 6.45) is -4.49. The van der Waals surface area contributed by atoms with E-state index in [9.17, 15) is 18.0 Å². The summed E-state index contributed by atoms with van der Waals surface area (Å²) < 4.78 is 38.6. The van der Waals surface area contributed by atoms with Crippen molar-refractivity contribution in [1.29, 1.82) is 0 Å². The Kier molecular flexibility index (Phi) is 6.91. The number of rotatable bonds is 6. The minimum absolute atomic E-state index is 0.107. The number of aromatic nitrogens is 1. The zero-order valence-corrected chi connectivity index (χ0v) is 18.6. The number of hydrogen-bond acceptors (Lipinski definition) is 4. The van der Waals surface area contributed by atoms with Gasteiger partial charge in [0.2, 0.25) is 5.91 Å².